The number of hydrogen-bond acceptors (Lipinski definition) is 6. The molecule has 0 saturated carbocycles. The lowest BCUT2D eigenvalue weighted by Gasteiger charge is -2.50. The van der Waals surface area contributed by atoms with Crippen molar-refractivity contribution in [3.05, 3.63) is 54.4 Å². The van der Waals surface area contributed by atoms with E-state index in [9.17, 15) is 4.79 Å². The van der Waals surface area contributed by atoms with Crippen LogP contribution >= 0.6 is 0 Å². The van der Waals surface area contributed by atoms with Gasteiger partial charge in [0.25, 0.3) is 5.91 Å². The molecule has 0 N–H and O–H groups in total. The van der Waals surface area contributed by atoms with E-state index in [1.165, 1.54) is 12.4 Å². The lowest BCUT2D eigenvalue weighted by molar-refractivity contribution is -0.120. The van der Waals surface area contributed by atoms with Gasteiger partial charge in [0.1, 0.15) is 11.3 Å². The summed E-state index contributed by atoms with van der Waals surface area (Å²) in [6.45, 7) is 3.18. The quantitative estimate of drug-likeness (QED) is 0.735. The van der Waals surface area contributed by atoms with E-state index < -0.39 is 0 Å². The third-order valence-electron chi connectivity index (χ3n) is 5.17. The number of pyridine rings is 1. The molecule has 2 aliphatic heterocycles. The minimum atomic E-state index is -0.216. The van der Waals surface area contributed by atoms with E-state index in [4.69, 9.17) is 9.47 Å². The molecule has 7 nitrogen and oxygen atoms in total. The van der Waals surface area contributed by atoms with Crippen molar-refractivity contribution in [2.45, 2.75) is 25.0 Å². The van der Waals surface area contributed by atoms with Crippen molar-refractivity contribution < 1.29 is 14.3 Å². The molecule has 26 heavy (non-hydrogen) atoms. The predicted octanol–water partition coefficient (Wildman–Crippen LogP) is 1.71. The highest BCUT2D eigenvalue weighted by atomic mass is 16.5. The molecule has 0 radical (unpaired) electrons. The molecular formula is C19H22N4O3. The molecule has 1 amide bonds. The Morgan fingerprint density at radius 3 is 2.96 bits per heavy atom. The standard InChI is InChI=1S/C19H22N4O3/c24-18(17-11-20-7-8-22-17)23-13-19(14-23)15(5-10-26-19)4-9-25-12-16-3-1-2-6-21-16/h1-3,6-8,11,15H,4-5,9-10,12-14H2. The van der Waals surface area contributed by atoms with Gasteiger partial charge in [-0.2, -0.15) is 0 Å². The average molecular weight is 354 g/mol. The average Bonchev–Trinajstić information content (AvgIpc) is 3.09. The zero-order valence-electron chi connectivity index (χ0n) is 14.6. The molecule has 1 spiro atoms. The maximum absolute atomic E-state index is 12.4. The SMILES string of the molecule is O=C(c1cnccn1)N1CC2(C1)OCCC2CCOCc1ccccn1. The van der Waals surface area contributed by atoms with Crippen molar-refractivity contribution in [3.8, 4) is 0 Å². The van der Waals surface area contributed by atoms with Crippen molar-refractivity contribution in [3.63, 3.8) is 0 Å². The number of aromatic nitrogens is 3. The van der Waals surface area contributed by atoms with E-state index in [1.807, 2.05) is 18.2 Å². The van der Waals surface area contributed by atoms with Gasteiger partial charge in [0.2, 0.25) is 0 Å². The van der Waals surface area contributed by atoms with Crippen LogP contribution in [-0.4, -0.2) is 57.7 Å². The summed E-state index contributed by atoms with van der Waals surface area (Å²) in [5.41, 5.74) is 1.11. The number of rotatable bonds is 6. The summed E-state index contributed by atoms with van der Waals surface area (Å²) in [6.07, 6.45) is 8.33. The Hall–Kier alpha value is -2.38. The van der Waals surface area contributed by atoms with Gasteiger partial charge in [-0.25, -0.2) is 4.98 Å². The zero-order chi connectivity index (χ0) is 17.8. The van der Waals surface area contributed by atoms with Crippen molar-refractivity contribution in [1.82, 2.24) is 19.9 Å². The van der Waals surface area contributed by atoms with Gasteiger partial charge in [0.05, 0.1) is 31.6 Å². The van der Waals surface area contributed by atoms with Gasteiger partial charge in [-0.15, -0.1) is 0 Å². The van der Waals surface area contributed by atoms with Crippen LogP contribution in [-0.2, 0) is 16.1 Å². The molecule has 4 heterocycles. The fourth-order valence-electron chi connectivity index (χ4n) is 3.74. The second-order valence-corrected chi connectivity index (χ2v) is 6.81. The molecule has 2 aromatic rings. The smallest absolute Gasteiger partial charge is 0.274 e. The number of carbonyl (C=O) groups is 1. The third kappa shape index (κ3) is 3.45. The van der Waals surface area contributed by atoms with Crippen LogP contribution in [0.1, 0.15) is 29.0 Å². The van der Waals surface area contributed by atoms with Gasteiger partial charge >= 0.3 is 0 Å². The van der Waals surface area contributed by atoms with Crippen molar-refractivity contribution in [2.75, 3.05) is 26.3 Å². The van der Waals surface area contributed by atoms with E-state index in [0.29, 0.717) is 37.9 Å². The van der Waals surface area contributed by atoms with Gasteiger partial charge in [0.15, 0.2) is 0 Å². The first-order valence-electron chi connectivity index (χ1n) is 8.94. The summed E-state index contributed by atoms with van der Waals surface area (Å²) in [6, 6.07) is 5.82. The molecule has 136 valence electrons. The highest BCUT2D eigenvalue weighted by Gasteiger charge is 2.54. The number of hydrogen-bond donors (Lipinski definition) is 0. The molecule has 2 aromatic heterocycles. The van der Waals surface area contributed by atoms with Crippen LogP contribution in [0.25, 0.3) is 0 Å². The molecule has 0 aliphatic carbocycles. The van der Waals surface area contributed by atoms with Crippen LogP contribution < -0.4 is 0 Å². The summed E-state index contributed by atoms with van der Waals surface area (Å²) < 4.78 is 11.8. The molecule has 0 aromatic carbocycles. The molecule has 0 bridgehead atoms. The number of likely N-dealkylation sites (tertiary alicyclic amines) is 1. The first kappa shape index (κ1) is 17.1. The molecule has 4 rings (SSSR count). The molecule has 2 fully saturated rings. The van der Waals surface area contributed by atoms with Crippen molar-refractivity contribution >= 4 is 5.91 Å². The first-order chi connectivity index (χ1) is 12.8. The molecule has 2 saturated heterocycles. The number of amides is 1. The summed E-state index contributed by atoms with van der Waals surface area (Å²) in [5.74, 6) is 0.335. The molecule has 7 heteroatoms. The molecule has 1 atom stereocenters. The third-order valence-corrected chi connectivity index (χ3v) is 5.17. The lowest BCUT2D eigenvalue weighted by Crippen LogP contribution is -2.66. The minimum Gasteiger partial charge on any atom is -0.375 e. The van der Waals surface area contributed by atoms with Gasteiger partial charge in [-0.05, 0) is 30.9 Å². The summed E-state index contributed by atoms with van der Waals surface area (Å²) in [7, 11) is 0. The summed E-state index contributed by atoms with van der Waals surface area (Å²) in [4.78, 5) is 26.5. The van der Waals surface area contributed by atoms with Gasteiger partial charge in [0, 0.05) is 31.8 Å². The highest BCUT2D eigenvalue weighted by Crippen LogP contribution is 2.42. The second-order valence-electron chi connectivity index (χ2n) is 6.81. The van der Waals surface area contributed by atoms with E-state index in [-0.39, 0.29) is 11.5 Å². The zero-order valence-corrected chi connectivity index (χ0v) is 14.6. The Bertz CT molecular complexity index is 735. The van der Waals surface area contributed by atoms with Crippen LogP contribution in [0.4, 0.5) is 0 Å². The van der Waals surface area contributed by atoms with Crippen LogP contribution in [0.3, 0.4) is 0 Å². The van der Waals surface area contributed by atoms with E-state index in [2.05, 4.69) is 15.0 Å². The summed E-state index contributed by atoms with van der Waals surface area (Å²) in [5, 5.41) is 0. The molecule has 1 unspecified atom stereocenters. The first-order valence-corrected chi connectivity index (χ1v) is 8.94. The Kier molecular flexibility index (Phi) is 4.90. The highest BCUT2D eigenvalue weighted by molar-refractivity contribution is 5.92. The monoisotopic (exact) mass is 354 g/mol. The van der Waals surface area contributed by atoms with Crippen molar-refractivity contribution in [1.29, 1.82) is 0 Å². The number of ether oxygens (including phenoxy) is 2. The number of nitrogens with zero attached hydrogens (tertiary/aromatic N) is 4. The molecule has 2 aliphatic rings. The normalized spacial score (nSPS) is 20.9. The minimum absolute atomic E-state index is 0.0793. The van der Waals surface area contributed by atoms with Gasteiger partial charge in [-0.1, -0.05) is 6.07 Å². The van der Waals surface area contributed by atoms with Gasteiger partial charge in [-0.3, -0.25) is 14.8 Å². The van der Waals surface area contributed by atoms with Crippen LogP contribution in [0.2, 0.25) is 0 Å². The van der Waals surface area contributed by atoms with Crippen molar-refractivity contribution in [2.24, 2.45) is 5.92 Å². The predicted molar refractivity (Wildman–Crippen MR) is 93.2 cm³/mol. The maximum Gasteiger partial charge on any atom is 0.274 e. The van der Waals surface area contributed by atoms with E-state index in [0.717, 1.165) is 25.1 Å². The molecular weight excluding hydrogens is 332 g/mol. The summed E-state index contributed by atoms with van der Waals surface area (Å²) >= 11 is 0. The Morgan fingerprint density at radius 2 is 2.19 bits per heavy atom. The lowest BCUT2D eigenvalue weighted by atomic mass is 9.79. The largest absolute Gasteiger partial charge is 0.375 e. The Balaban J connectivity index is 1.26. The second kappa shape index (κ2) is 7.47. The number of carbonyl (C=O) groups excluding carboxylic acids is 1. The Labute approximate surface area is 152 Å². The maximum atomic E-state index is 12.4. The fraction of sp³-hybridized carbons (Fsp3) is 0.474. The topological polar surface area (TPSA) is 77.4 Å². The Morgan fingerprint density at radius 1 is 1.27 bits per heavy atom. The van der Waals surface area contributed by atoms with E-state index in [1.54, 1.807) is 17.3 Å². The van der Waals surface area contributed by atoms with Gasteiger partial charge < -0.3 is 14.4 Å². The fourth-order valence-corrected chi connectivity index (χ4v) is 3.74. The van der Waals surface area contributed by atoms with Crippen LogP contribution in [0, 0.1) is 5.92 Å². The van der Waals surface area contributed by atoms with E-state index >= 15 is 0 Å². The van der Waals surface area contributed by atoms with Crippen LogP contribution in [0.5, 0.6) is 0 Å². The van der Waals surface area contributed by atoms with Crippen LogP contribution in [0.15, 0.2) is 43.0 Å².